The number of esters is 1. The van der Waals surface area contributed by atoms with Gasteiger partial charge in [-0.1, -0.05) is 19.9 Å². The van der Waals surface area contributed by atoms with Crippen LogP contribution in [0.25, 0.3) is 0 Å². The summed E-state index contributed by atoms with van der Waals surface area (Å²) >= 11 is 0. The van der Waals surface area contributed by atoms with Crippen LogP contribution in [0.15, 0.2) is 29.2 Å². The second kappa shape index (κ2) is 7.31. The third-order valence-corrected chi connectivity index (χ3v) is 5.23. The molecule has 1 aromatic rings. The van der Waals surface area contributed by atoms with Crippen LogP contribution >= 0.6 is 0 Å². The summed E-state index contributed by atoms with van der Waals surface area (Å²) in [7, 11) is -2.39. The molecule has 2 rings (SSSR count). The number of carbonyl (C=O) groups excluding carboxylic acids is 2. The van der Waals surface area contributed by atoms with Gasteiger partial charge in [-0.15, -0.1) is 0 Å². The zero-order valence-corrected chi connectivity index (χ0v) is 14.7. The number of benzene rings is 1. The van der Waals surface area contributed by atoms with Gasteiger partial charge in [-0.05, 0) is 37.0 Å². The second-order valence-corrected chi connectivity index (χ2v) is 7.86. The maximum atomic E-state index is 12.4. The normalized spacial score (nSPS) is 15.8. The Balaban J connectivity index is 2.17. The molecule has 7 nitrogen and oxygen atoms in total. The van der Waals surface area contributed by atoms with Crippen LogP contribution in [-0.2, 0) is 19.6 Å². The van der Waals surface area contributed by atoms with E-state index in [9.17, 15) is 18.0 Å². The highest BCUT2D eigenvalue weighted by Crippen LogP contribution is 2.22. The standard InChI is InChI=1S/C16H22N2O5S/c1-10(2)14(16(20)23-3)17-15(19)11-5-4-6-13(9-11)24(21,22)18-12-7-8-12/h4-6,9-10,12,14,18H,7-8H2,1-3H3,(H,17,19)/t14-/m0/s1. The summed E-state index contributed by atoms with van der Waals surface area (Å²) < 4.78 is 31.7. The van der Waals surface area contributed by atoms with Gasteiger partial charge in [0.1, 0.15) is 6.04 Å². The van der Waals surface area contributed by atoms with Gasteiger partial charge in [0.25, 0.3) is 5.91 Å². The molecule has 24 heavy (non-hydrogen) atoms. The number of carbonyl (C=O) groups is 2. The first kappa shape index (κ1) is 18.4. The molecule has 0 aromatic heterocycles. The van der Waals surface area contributed by atoms with Crippen LogP contribution in [0.4, 0.5) is 0 Å². The zero-order valence-electron chi connectivity index (χ0n) is 13.9. The molecule has 1 amide bonds. The smallest absolute Gasteiger partial charge is 0.328 e. The molecule has 132 valence electrons. The molecule has 1 aliphatic rings. The van der Waals surface area contributed by atoms with Crippen LogP contribution in [0.5, 0.6) is 0 Å². The molecule has 0 spiro atoms. The highest BCUT2D eigenvalue weighted by Gasteiger charge is 2.29. The number of ether oxygens (including phenoxy) is 1. The molecule has 0 saturated heterocycles. The fourth-order valence-electron chi connectivity index (χ4n) is 2.14. The van der Waals surface area contributed by atoms with Gasteiger partial charge in [0, 0.05) is 11.6 Å². The minimum atomic E-state index is -3.64. The lowest BCUT2D eigenvalue weighted by Gasteiger charge is -2.20. The number of sulfonamides is 1. The minimum Gasteiger partial charge on any atom is -0.467 e. The highest BCUT2D eigenvalue weighted by atomic mass is 32.2. The van der Waals surface area contributed by atoms with Crippen LogP contribution < -0.4 is 10.0 Å². The number of nitrogens with one attached hydrogen (secondary N) is 2. The van der Waals surface area contributed by atoms with Gasteiger partial charge >= 0.3 is 5.97 Å². The van der Waals surface area contributed by atoms with E-state index in [1.807, 2.05) is 0 Å². The van der Waals surface area contributed by atoms with Crippen molar-refractivity contribution < 1.29 is 22.7 Å². The fourth-order valence-corrected chi connectivity index (χ4v) is 3.49. The maximum absolute atomic E-state index is 12.4. The molecule has 1 fully saturated rings. The van der Waals surface area contributed by atoms with Gasteiger partial charge in [0.15, 0.2) is 0 Å². The third-order valence-electron chi connectivity index (χ3n) is 3.71. The fraction of sp³-hybridized carbons (Fsp3) is 0.500. The molecular weight excluding hydrogens is 332 g/mol. The molecule has 0 bridgehead atoms. The number of methoxy groups -OCH3 is 1. The van der Waals surface area contributed by atoms with Gasteiger partial charge in [-0.2, -0.15) is 0 Å². The third kappa shape index (κ3) is 4.55. The van der Waals surface area contributed by atoms with E-state index in [1.165, 1.54) is 31.4 Å². The Labute approximate surface area is 141 Å². The molecule has 0 heterocycles. The quantitative estimate of drug-likeness (QED) is 0.713. The van der Waals surface area contributed by atoms with Crippen LogP contribution in [0.1, 0.15) is 37.0 Å². The summed E-state index contributed by atoms with van der Waals surface area (Å²) in [6.45, 7) is 3.56. The molecule has 0 unspecified atom stereocenters. The van der Waals surface area contributed by atoms with Crippen molar-refractivity contribution >= 4 is 21.9 Å². The summed E-state index contributed by atoms with van der Waals surface area (Å²) in [5.74, 6) is -1.23. The van der Waals surface area contributed by atoms with Crippen molar-refractivity contribution in [2.45, 2.75) is 43.7 Å². The van der Waals surface area contributed by atoms with Crippen molar-refractivity contribution in [1.82, 2.24) is 10.0 Å². The van der Waals surface area contributed by atoms with E-state index in [2.05, 4.69) is 14.8 Å². The predicted octanol–water partition coefficient (Wildman–Crippen LogP) is 1.05. The summed E-state index contributed by atoms with van der Waals surface area (Å²) in [6.07, 6.45) is 1.66. The number of amides is 1. The highest BCUT2D eigenvalue weighted by molar-refractivity contribution is 7.89. The van der Waals surface area contributed by atoms with Gasteiger partial charge < -0.3 is 10.1 Å². The lowest BCUT2D eigenvalue weighted by Crippen LogP contribution is -2.45. The summed E-state index contributed by atoms with van der Waals surface area (Å²) in [6, 6.07) is 4.92. The molecule has 1 atom stereocenters. The zero-order chi connectivity index (χ0) is 17.9. The lowest BCUT2D eigenvalue weighted by molar-refractivity contribution is -0.144. The van der Waals surface area contributed by atoms with Crippen LogP contribution in [0, 0.1) is 5.92 Å². The van der Waals surface area contributed by atoms with Crippen molar-refractivity contribution in [3.05, 3.63) is 29.8 Å². The number of hydrogen-bond acceptors (Lipinski definition) is 5. The van der Waals surface area contributed by atoms with Gasteiger partial charge in [0.2, 0.25) is 10.0 Å². The predicted molar refractivity (Wildman–Crippen MR) is 87.9 cm³/mol. The van der Waals surface area contributed by atoms with Crippen molar-refractivity contribution in [3.63, 3.8) is 0 Å². The molecule has 2 N–H and O–H groups in total. The second-order valence-electron chi connectivity index (χ2n) is 6.14. The molecule has 1 aromatic carbocycles. The topological polar surface area (TPSA) is 102 Å². The maximum Gasteiger partial charge on any atom is 0.328 e. The van der Waals surface area contributed by atoms with Gasteiger partial charge in [-0.25, -0.2) is 17.9 Å². The van der Waals surface area contributed by atoms with Crippen molar-refractivity contribution in [3.8, 4) is 0 Å². The van der Waals surface area contributed by atoms with Crippen molar-refractivity contribution in [2.75, 3.05) is 7.11 Å². The van der Waals surface area contributed by atoms with Crippen LogP contribution in [0.2, 0.25) is 0 Å². The molecule has 0 radical (unpaired) electrons. The summed E-state index contributed by atoms with van der Waals surface area (Å²) in [4.78, 5) is 24.1. The minimum absolute atomic E-state index is 0.0165. The largest absolute Gasteiger partial charge is 0.467 e. The average Bonchev–Trinajstić information content (AvgIpc) is 3.34. The Morgan fingerprint density at radius 3 is 2.46 bits per heavy atom. The van der Waals surface area contributed by atoms with Gasteiger partial charge in [0.05, 0.1) is 12.0 Å². The van der Waals surface area contributed by atoms with Crippen molar-refractivity contribution in [1.29, 1.82) is 0 Å². The van der Waals surface area contributed by atoms with E-state index >= 15 is 0 Å². The molecule has 0 aliphatic heterocycles. The van der Waals surface area contributed by atoms with E-state index in [0.29, 0.717) is 0 Å². The summed E-state index contributed by atoms with van der Waals surface area (Å²) in [5, 5.41) is 2.59. The number of hydrogen-bond donors (Lipinski definition) is 2. The Hall–Kier alpha value is -1.93. The first-order valence-electron chi connectivity index (χ1n) is 7.75. The van der Waals surface area contributed by atoms with E-state index in [0.717, 1.165) is 12.8 Å². The summed E-state index contributed by atoms with van der Waals surface area (Å²) in [5.41, 5.74) is 0.170. The number of rotatable bonds is 7. The van der Waals surface area contributed by atoms with E-state index in [4.69, 9.17) is 0 Å². The van der Waals surface area contributed by atoms with E-state index < -0.39 is 27.9 Å². The Bertz CT molecular complexity index is 726. The molecule has 1 saturated carbocycles. The average molecular weight is 354 g/mol. The SMILES string of the molecule is COC(=O)[C@@H](NC(=O)c1cccc(S(=O)(=O)NC2CC2)c1)C(C)C. The van der Waals surface area contributed by atoms with Crippen molar-refractivity contribution in [2.24, 2.45) is 5.92 Å². The molecule has 1 aliphatic carbocycles. The van der Waals surface area contributed by atoms with E-state index in [-0.39, 0.29) is 22.4 Å². The monoisotopic (exact) mass is 354 g/mol. The first-order chi connectivity index (χ1) is 11.2. The first-order valence-corrected chi connectivity index (χ1v) is 9.24. The Morgan fingerprint density at radius 1 is 1.25 bits per heavy atom. The van der Waals surface area contributed by atoms with Crippen LogP contribution in [0.3, 0.4) is 0 Å². The Kier molecular flexibility index (Phi) is 5.61. The van der Waals surface area contributed by atoms with Gasteiger partial charge in [-0.3, -0.25) is 4.79 Å². The molecule has 8 heteroatoms. The molecular formula is C16H22N2O5S. The van der Waals surface area contributed by atoms with E-state index in [1.54, 1.807) is 13.8 Å². The Morgan fingerprint density at radius 2 is 1.92 bits per heavy atom. The van der Waals surface area contributed by atoms with Crippen LogP contribution in [-0.4, -0.2) is 39.5 Å². The lowest BCUT2D eigenvalue weighted by atomic mass is 10.0.